The Labute approximate surface area is 133 Å². The third-order valence-electron chi connectivity index (χ3n) is 3.92. The summed E-state index contributed by atoms with van der Waals surface area (Å²) < 4.78 is 32.0. The normalized spacial score (nSPS) is 13.7. The Morgan fingerprint density at radius 1 is 1.22 bits per heavy atom. The Balaban J connectivity index is 1.85. The van der Waals surface area contributed by atoms with Crippen molar-refractivity contribution in [3.63, 3.8) is 0 Å². The van der Waals surface area contributed by atoms with Crippen molar-refractivity contribution in [2.45, 2.75) is 25.4 Å². The molecule has 0 heterocycles. The maximum atomic E-state index is 13.9. The van der Waals surface area contributed by atoms with Gasteiger partial charge in [0.05, 0.1) is 7.11 Å². The highest BCUT2D eigenvalue weighted by Gasteiger charge is 2.33. The van der Waals surface area contributed by atoms with Gasteiger partial charge in [0.15, 0.2) is 0 Å². The Morgan fingerprint density at radius 2 is 2.00 bits per heavy atom. The van der Waals surface area contributed by atoms with Crippen LogP contribution >= 0.6 is 0 Å². The van der Waals surface area contributed by atoms with Crippen LogP contribution in [0.3, 0.4) is 0 Å². The maximum absolute atomic E-state index is 13.9. The molecule has 1 aliphatic rings. The molecule has 1 fully saturated rings. The minimum absolute atomic E-state index is 0.109. The van der Waals surface area contributed by atoms with Crippen molar-refractivity contribution >= 4 is 5.91 Å². The smallest absolute Gasteiger partial charge is 0.254 e. The molecule has 5 heteroatoms. The zero-order valence-corrected chi connectivity index (χ0v) is 12.8. The first-order chi connectivity index (χ1) is 11.1. The summed E-state index contributed by atoms with van der Waals surface area (Å²) in [6.45, 7) is 0.132. The summed E-state index contributed by atoms with van der Waals surface area (Å²) in [6.07, 6.45) is 1.80. The van der Waals surface area contributed by atoms with Crippen LogP contribution in [0.2, 0.25) is 0 Å². The Morgan fingerprint density at radius 3 is 2.65 bits per heavy atom. The van der Waals surface area contributed by atoms with Crippen LogP contribution in [0, 0.1) is 11.6 Å². The predicted molar refractivity (Wildman–Crippen MR) is 82.2 cm³/mol. The number of hydrogen-bond donors (Lipinski definition) is 0. The molecule has 0 radical (unpaired) electrons. The Kier molecular flexibility index (Phi) is 4.28. The molecule has 0 N–H and O–H groups in total. The summed E-state index contributed by atoms with van der Waals surface area (Å²) in [5, 5.41) is 0. The number of nitrogens with zero attached hydrogens (tertiary/aromatic N) is 1. The Hall–Kier alpha value is -2.43. The van der Waals surface area contributed by atoms with Gasteiger partial charge in [-0.1, -0.05) is 12.1 Å². The van der Waals surface area contributed by atoms with Crippen molar-refractivity contribution in [3.05, 3.63) is 65.2 Å². The van der Waals surface area contributed by atoms with E-state index in [1.54, 1.807) is 29.2 Å². The lowest BCUT2D eigenvalue weighted by atomic mass is 10.1. The number of hydrogen-bond acceptors (Lipinski definition) is 2. The third-order valence-corrected chi connectivity index (χ3v) is 3.92. The first-order valence-corrected chi connectivity index (χ1v) is 7.47. The van der Waals surface area contributed by atoms with Crippen molar-refractivity contribution < 1.29 is 18.3 Å². The van der Waals surface area contributed by atoms with Crippen molar-refractivity contribution in [1.82, 2.24) is 4.90 Å². The van der Waals surface area contributed by atoms with Crippen LogP contribution in [0.4, 0.5) is 8.78 Å². The molecule has 2 aromatic rings. The molecule has 1 aliphatic carbocycles. The molecule has 3 nitrogen and oxygen atoms in total. The van der Waals surface area contributed by atoms with Gasteiger partial charge in [0.1, 0.15) is 17.4 Å². The lowest BCUT2D eigenvalue weighted by Crippen LogP contribution is -2.33. The SMILES string of the molecule is COc1cccc(C(=O)N(Cc2ccc(F)cc2F)C2CC2)c1. The van der Waals surface area contributed by atoms with Gasteiger partial charge in [-0.2, -0.15) is 0 Å². The van der Waals surface area contributed by atoms with Crippen LogP contribution in [0.25, 0.3) is 0 Å². The van der Waals surface area contributed by atoms with Crippen LogP contribution in [-0.2, 0) is 6.54 Å². The molecule has 3 rings (SSSR count). The topological polar surface area (TPSA) is 29.5 Å². The van der Waals surface area contributed by atoms with E-state index < -0.39 is 11.6 Å². The first kappa shape index (κ1) is 15.5. The minimum atomic E-state index is -0.630. The monoisotopic (exact) mass is 317 g/mol. The van der Waals surface area contributed by atoms with E-state index in [1.807, 2.05) is 0 Å². The number of amides is 1. The van der Waals surface area contributed by atoms with Gasteiger partial charge < -0.3 is 9.64 Å². The number of benzene rings is 2. The number of methoxy groups -OCH3 is 1. The van der Waals surface area contributed by atoms with Gasteiger partial charge >= 0.3 is 0 Å². The molecule has 0 atom stereocenters. The summed E-state index contributed by atoms with van der Waals surface area (Å²) in [5.74, 6) is -0.827. The van der Waals surface area contributed by atoms with Gasteiger partial charge in [-0.25, -0.2) is 8.78 Å². The van der Waals surface area contributed by atoms with E-state index in [1.165, 1.54) is 19.2 Å². The second kappa shape index (κ2) is 6.36. The van der Waals surface area contributed by atoms with Gasteiger partial charge in [0, 0.05) is 29.8 Å². The summed E-state index contributed by atoms with van der Waals surface area (Å²) in [6, 6.07) is 10.4. The average Bonchev–Trinajstić information content (AvgIpc) is 3.38. The molecule has 0 saturated heterocycles. The predicted octanol–water partition coefficient (Wildman–Crippen LogP) is 3.78. The fourth-order valence-electron chi connectivity index (χ4n) is 2.51. The fraction of sp³-hybridized carbons (Fsp3) is 0.278. The van der Waals surface area contributed by atoms with E-state index >= 15 is 0 Å². The molecular formula is C18H17F2NO2. The molecule has 0 aliphatic heterocycles. The molecule has 120 valence electrons. The molecule has 0 bridgehead atoms. The van der Waals surface area contributed by atoms with E-state index in [0.717, 1.165) is 18.9 Å². The fourth-order valence-corrected chi connectivity index (χ4v) is 2.51. The molecule has 23 heavy (non-hydrogen) atoms. The molecule has 1 amide bonds. The molecule has 2 aromatic carbocycles. The lowest BCUT2D eigenvalue weighted by molar-refractivity contribution is 0.0728. The highest BCUT2D eigenvalue weighted by atomic mass is 19.1. The van der Waals surface area contributed by atoms with E-state index in [2.05, 4.69) is 0 Å². The Bertz CT molecular complexity index is 729. The van der Waals surface area contributed by atoms with Crippen molar-refractivity contribution in [3.8, 4) is 5.75 Å². The molecule has 1 saturated carbocycles. The van der Waals surface area contributed by atoms with Crippen molar-refractivity contribution in [2.75, 3.05) is 7.11 Å². The quantitative estimate of drug-likeness (QED) is 0.840. The molecule has 0 unspecified atom stereocenters. The zero-order valence-electron chi connectivity index (χ0n) is 12.8. The largest absolute Gasteiger partial charge is 0.497 e. The lowest BCUT2D eigenvalue weighted by Gasteiger charge is -2.23. The van der Waals surface area contributed by atoms with E-state index in [-0.39, 0.29) is 18.5 Å². The zero-order chi connectivity index (χ0) is 16.4. The maximum Gasteiger partial charge on any atom is 0.254 e. The van der Waals surface area contributed by atoms with Crippen LogP contribution in [-0.4, -0.2) is 24.0 Å². The van der Waals surface area contributed by atoms with Crippen LogP contribution in [0.5, 0.6) is 5.75 Å². The highest BCUT2D eigenvalue weighted by Crippen LogP contribution is 2.31. The minimum Gasteiger partial charge on any atom is -0.497 e. The standard InChI is InChI=1S/C18H17F2NO2/c1-23-16-4-2-3-12(9-16)18(22)21(15-7-8-15)11-13-5-6-14(19)10-17(13)20/h2-6,9-10,15H,7-8,11H2,1H3. The van der Waals surface area contributed by atoms with Gasteiger partial charge in [-0.05, 0) is 37.1 Å². The number of carbonyl (C=O) groups excluding carboxylic acids is 1. The molecule has 0 aromatic heterocycles. The summed E-state index contributed by atoms with van der Waals surface area (Å²) >= 11 is 0. The third kappa shape index (κ3) is 3.50. The summed E-state index contributed by atoms with van der Waals surface area (Å²) in [7, 11) is 1.54. The summed E-state index contributed by atoms with van der Waals surface area (Å²) in [5.41, 5.74) is 0.813. The second-order valence-electron chi connectivity index (χ2n) is 5.63. The van der Waals surface area contributed by atoms with E-state index in [0.29, 0.717) is 16.9 Å². The number of halogens is 2. The molecule has 0 spiro atoms. The van der Waals surface area contributed by atoms with Crippen LogP contribution in [0.15, 0.2) is 42.5 Å². The first-order valence-electron chi connectivity index (χ1n) is 7.47. The van der Waals surface area contributed by atoms with E-state index in [9.17, 15) is 13.6 Å². The second-order valence-corrected chi connectivity index (χ2v) is 5.63. The van der Waals surface area contributed by atoms with Crippen molar-refractivity contribution in [1.29, 1.82) is 0 Å². The van der Waals surface area contributed by atoms with Gasteiger partial charge in [-0.3, -0.25) is 4.79 Å². The van der Waals surface area contributed by atoms with Crippen LogP contribution in [0.1, 0.15) is 28.8 Å². The summed E-state index contributed by atoms with van der Waals surface area (Å²) in [4.78, 5) is 14.4. The van der Waals surface area contributed by atoms with Crippen molar-refractivity contribution in [2.24, 2.45) is 0 Å². The number of rotatable bonds is 5. The number of carbonyl (C=O) groups is 1. The molecular weight excluding hydrogens is 300 g/mol. The van der Waals surface area contributed by atoms with Gasteiger partial charge in [0.2, 0.25) is 0 Å². The van der Waals surface area contributed by atoms with Gasteiger partial charge in [-0.15, -0.1) is 0 Å². The number of ether oxygens (including phenoxy) is 1. The van der Waals surface area contributed by atoms with Gasteiger partial charge in [0.25, 0.3) is 5.91 Å². The van der Waals surface area contributed by atoms with Crippen LogP contribution < -0.4 is 4.74 Å². The average molecular weight is 317 g/mol. The van der Waals surface area contributed by atoms with E-state index in [4.69, 9.17) is 4.74 Å². The highest BCUT2D eigenvalue weighted by molar-refractivity contribution is 5.95.